The van der Waals surface area contributed by atoms with Gasteiger partial charge >= 0.3 is 0 Å². The second kappa shape index (κ2) is 6.77. The molecule has 0 radical (unpaired) electrons. The molecule has 1 atom stereocenters. The topological polar surface area (TPSA) is 44.5 Å². The molecule has 4 heteroatoms. The summed E-state index contributed by atoms with van der Waals surface area (Å²) in [6.07, 6.45) is 1.02. The van der Waals surface area contributed by atoms with E-state index >= 15 is 0 Å². The van der Waals surface area contributed by atoms with Gasteiger partial charge in [-0.25, -0.2) is 0 Å². The third kappa shape index (κ3) is 3.14. The van der Waals surface area contributed by atoms with Crippen LogP contribution in [0.3, 0.4) is 0 Å². The molecular weight excluding hydrogens is 270 g/mol. The average Bonchev–Trinajstić information content (AvgIpc) is 2.96. The maximum Gasteiger partial charge on any atom is 0.161 e. The number of hydrogen-bond acceptors (Lipinski definition) is 4. The van der Waals surface area contributed by atoms with Gasteiger partial charge in [0.05, 0.1) is 14.2 Å². The van der Waals surface area contributed by atoms with Gasteiger partial charge in [-0.2, -0.15) is 0 Å². The van der Waals surface area contributed by atoms with Crippen LogP contribution < -0.4 is 15.2 Å². The highest BCUT2D eigenvalue weighted by Crippen LogP contribution is 2.37. The van der Waals surface area contributed by atoms with Crippen molar-refractivity contribution in [2.75, 3.05) is 20.8 Å². The molecule has 1 unspecified atom stereocenters. The van der Waals surface area contributed by atoms with Crippen LogP contribution in [0.5, 0.6) is 11.5 Å². The Labute approximate surface area is 124 Å². The fourth-order valence-corrected chi connectivity index (χ4v) is 3.24. The third-order valence-electron chi connectivity index (χ3n) is 3.38. The second-order valence-corrected chi connectivity index (χ2v) is 5.87. The Balaban J connectivity index is 2.28. The van der Waals surface area contributed by atoms with Crippen LogP contribution in [0.2, 0.25) is 0 Å². The molecule has 2 rings (SSSR count). The van der Waals surface area contributed by atoms with Gasteiger partial charge < -0.3 is 15.2 Å². The Kier molecular flexibility index (Phi) is 5.04. The average molecular weight is 291 g/mol. The van der Waals surface area contributed by atoms with Gasteiger partial charge in [-0.15, -0.1) is 11.3 Å². The zero-order valence-electron chi connectivity index (χ0n) is 12.2. The largest absolute Gasteiger partial charge is 0.493 e. The lowest BCUT2D eigenvalue weighted by molar-refractivity contribution is 0.355. The molecule has 1 aromatic carbocycles. The van der Waals surface area contributed by atoms with Crippen LogP contribution in [0, 0.1) is 0 Å². The highest BCUT2D eigenvalue weighted by molar-refractivity contribution is 7.15. The van der Waals surface area contributed by atoms with Crippen molar-refractivity contribution >= 4 is 11.3 Å². The molecule has 3 nitrogen and oxygen atoms in total. The van der Waals surface area contributed by atoms with Crippen molar-refractivity contribution in [3.8, 4) is 21.9 Å². The maximum atomic E-state index is 5.63. The summed E-state index contributed by atoms with van der Waals surface area (Å²) in [5.41, 5.74) is 6.78. The Bertz CT molecular complexity index is 565. The van der Waals surface area contributed by atoms with E-state index in [2.05, 4.69) is 25.1 Å². The van der Waals surface area contributed by atoms with E-state index < -0.39 is 0 Å². The molecule has 0 saturated carbocycles. The molecule has 0 aliphatic rings. The highest BCUT2D eigenvalue weighted by atomic mass is 32.1. The van der Waals surface area contributed by atoms with Crippen molar-refractivity contribution in [3.63, 3.8) is 0 Å². The van der Waals surface area contributed by atoms with Crippen molar-refractivity contribution < 1.29 is 9.47 Å². The first-order valence-corrected chi connectivity index (χ1v) is 7.53. The maximum absolute atomic E-state index is 5.63. The van der Waals surface area contributed by atoms with E-state index in [-0.39, 0.29) is 0 Å². The molecule has 0 aliphatic carbocycles. The van der Waals surface area contributed by atoms with E-state index in [1.165, 1.54) is 9.75 Å². The summed E-state index contributed by atoms with van der Waals surface area (Å²) in [5.74, 6) is 2.03. The van der Waals surface area contributed by atoms with Crippen LogP contribution in [0.4, 0.5) is 0 Å². The monoisotopic (exact) mass is 291 g/mol. The van der Waals surface area contributed by atoms with Crippen LogP contribution in [0.15, 0.2) is 30.3 Å². The fourth-order valence-electron chi connectivity index (χ4n) is 2.15. The van der Waals surface area contributed by atoms with E-state index in [4.69, 9.17) is 15.2 Å². The molecule has 20 heavy (non-hydrogen) atoms. The van der Waals surface area contributed by atoms with E-state index in [9.17, 15) is 0 Å². The second-order valence-electron chi connectivity index (χ2n) is 4.75. The SMILES string of the molecule is COc1ccc(-c2ccc(C(C)CCN)s2)cc1OC. The van der Waals surface area contributed by atoms with Gasteiger partial charge in [0.1, 0.15) is 0 Å². The number of rotatable bonds is 6. The lowest BCUT2D eigenvalue weighted by Gasteiger charge is -2.09. The summed E-state index contributed by atoms with van der Waals surface area (Å²) in [6, 6.07) is 10.4. The summed E-state index contributed by atoms with van der Waals surface area (Å²) in [4.78, 5) is 2.62. The lowest BCUT2D eigenvalue weighted by atomic mass is 10.1. The summed E-state index contributed by atoms with van der Waals surface area (Å²) in [5, 5.41) is 0. The predicted octanol–water partition coefficient (Wildman–Crippen LogP) is 3.88. The van der Waals surface area contributed by atoms with Gasteiger partial charge in [-0.3, -0.25) is 0 Å². The van der Waals surface area contributed by atoms with Crippen LogP contribution in [0.1, 0.15) is 24.1 Å². The first-order valence-electron chi connectivity index (χ1n) is 6.71. The molecule has 1 aromatic heterocycles. The Hall–Kier alpha value is -1.52. The minimum Gasteiger partial charge on any atom is -0.493 e. The smallest absolute Gasteiger partial charge is 0.161 e. The molecule has 108 valence electrons. The summed E-state index contributed by atoms with van der Waals surface area (Å²) in [7, 11) is 3.31. The summed E-state index contributed by atoms with van der Waals surface area (Å²) in [6.45, 7) is 2.95. The van der Waals surface area contributed by atoms with Gasteiger partial charge in [-0.1, -0.05) is 6.92 Å². The van der Waals surface area contributed by atoms with Crippen LogP contribution >= 0.6 is 11.3 Å². The van der Waals surface area contributed by atoms with Gasteiger partial charge in [0.2, 0.25) is 0 Å². The molecule has 0 saturated heterocycles. The number of methoxy groups -OCH3 is 2. The number of thiophene rings is 1. The van der Waals surface area contributed by atoms with Crippen molar-refractivity contribution in [2.24, 2.45) is 5.73 Å². The highest BCUT2D eigenvalue weighted by Gasteiger charge is 2.11. The first kappa shape index (κ1) is 14.9. The van der Waals surface area contributed by atoms with Crippen LogP contribution in [-0.4, -0.2) is 20.8 Å². The zero-order valence-corrected chi connectivity index (χ0v) is 13.0. The Morgan fingerprint density at radius 2 is 1.85 bits per heavy atom. The van der Waals surface area contributed by atoms with Crippen molar-refractivity contribution in [2.45, 2.75) is 19.3 Å². The zero-order chi connectivity index (χ0) is 14.5. The quantitative estimate of drug-likeness (QED) is 0.878. The first-order chi connectivity index (χ1) is 9.69. The molecule has 0 spiro atoms. The van der Waals surface area contributed by atoms with Crippen molar-refractivity contribution in [3.05, 3.63) is 35.2 Å². The van der Waals surface area contributed by atoms with Crippen molar-refractivity contribution in [1.82, 2.24) is 0 Å². The van der Waals surface area contributed by atoms with Gasteiger partial charge in [0, 0.05) is 9.75 Å². The molecule has 0 fully saturated rings. The molecule has 0 amide bonds. The number of nitrogens with two attached hydrogens (primary N) is 1. The fraction of sp³-hybridized carbons (Fsp3) is 0.375. The van der Waals surface area contributed by atoms with Gasteiger partial charge in [-0.05, 0) is 54.8 Å². The minimum atomic E-state index is 0.513. The molecule has 2 N–H and O–H groups in total. The molecule has 1 heterocycles. The lowest BCUT2D eigenvalue weighted by Crippen LogP contribution is -2.03. The number of hydrogen-bond donors (Lipinski definition) is 1. The summed E-state index contributed by atoms with van der Waals surface area (Å²) < 4.78 is 10.6. The molecule has 0 bridgehead atoms. The molecule has 0 aliphatic heterocycles. The third-order valence-corrected chi connectivity index (χ3v) is 4.75. The van der Waals surface area contributed by atoms with Crippen molar-refractivity contribution in [1.29, 1.82) is 0 Å². The van der Waals surface area contributed by atoms with E-state index in [1.54, 1.807) is 14.2 Å². The number of ether oxygens (including phenoxy) is 2. The Morgan fingerprint density at radius 3 is 2.50 bits per heavy atom. The van der Waals surface area contributed by atoms with E-state index in [1.807, 2.05) is 23.5 Å². The van der Waals surface area contributed by atoms with Gasteiger partial charge in [0.25, 0.3) is 0 Å². The summed E-state index contributed by atoms with van der Waals surface area (Å²) >= 11 is 1.81. The van der Waals surface area contributed by atoms with Gasteiger partial charge in [0.15, 0.2) is 11.5 Å². The van der Waals surface area contributed by atoms with Crippen LogP contribution in [0.25, 0.3) is 10.4 Å². The Morgan fingerprint density at radius 1 is 1.10 bits per heavy atom. The standard InChI is InChI=1S/C16H21NO2S/c1-11(8-9-17)15-6-7-16(20-15)12-4-5-13(18-2)14(10-12)19-3/h4-7,10-11H,8-9,17H2,1-3H3. The van der Waals surface area contributed by atoms with Crippen LogP contribution in [-0.2, 0) is 0 Å². The minimum absolute atomic E-state index is 0.513. The van der Waals surface area contributed by atoms with E-state index in [0.717, 1.165) is 30.0 Å². The number of benzene rings is 1. The normalized spacial score (nSPS) is 12.2. The molecular formula is C16H21NO2S. The van der Waals surface area contributed by atoms with E-state index in [0.29, 0.717) is 5.92 Å². The predicted molar refractivity (Wildman–Crippen MR) is 84.9 cm³/mol. The molecule has 2 aromatic rings.